The standard InChI is InChI=1S/C49H93O12P/c1-3-5-7-9-11-13-15-17-19-21-23-25-27-29-31-33-35-37-39-58-40-42(41-59-62(56,57)61-49-47(54)45(52)44(51)46(53)48(49)55)60-43(50)38-36-34-32-30-28-26-24-22-20-18-16-14-12-10-8-6-4-2/h12,14,18,20,42,44-49,51-55H,3-11,13,15-17,19,21-41H2,1-2H3,(H,56,57)/b14-12-,20-18-. The number of hydrogen-bond donors (Lipinski definition) is 6. The molecule has 6 unspecified atom stereocenters. The highest BCUT2D eigenvalue weighted by atomic mass is 31.2. The molecule has 0 aromatic heterocycles. The van der Waals surface area contributed by atoms with Gasteiger partial charge in [-0.15, -0.1) is 0 Å². The van der Waals surface area contributed by atoms with Crippen molar-refractivity contribution < 1.29 is 58.3 Å². The molecule has 0 saturated heterocycles. The number of phosphoric acid groups is 1. The summed E-state index contributed by atoms with van der Waals surface area (Å²) in [5, 5.41) is 50.3. The number of aliphatic hydroxyl groups excluding tert-OH is 5. The zero-order chi connectivity index (χ0) is 45.5. The van der Waals surface area contributed by atoms with Crippen molar-refractivity contribution in [1.29, 1.82) is 0 Å². The van der Waals surface area contributed by atoms with Gasteiger partial charge in [-0.1, -0.05) is 192 Å². The highest BCUT2D eigenvalue weighted by Crippen LogP contribution is 2.47. The molecule has 0 bridgehead atoms. The van der Waals surface area contributed by atoms with Crippen molar-refractivity contribution in [3.05, 3.63) is 24.3 Å². The van der Waals surface area contributed by atoms with Crippen molar-refractivity contribution >= 4 is 13.8 Å². The lowest BCUT2D eigenvalue weighted by atomic mass is 9.85. The summed E-state index contributed by atoms with van der Waals surface area (Å²) in [7, 11) is -5.02. The molecule has 0 amide bonds. The lowest BCUT2D eigenvalue weighted by Gasteiger charge is -2.41. The van der Waals surface area contributed by atoms with Crippen LogP contribution in [-0.4, -0.2) is 98.9 Å². The molecule has 1 aliphatic carbocycles. The van der Waals surface area contributed by atoms with Gasteiger partial charge in [-0.25, -0.2) is 4.57 Å². The molecule has 6 atom stereocenters. The molecule has 12 nitrogen and oxygen atoms in total. The van der Waals surface area contributed by atoms with Crippen LogP contribution in [0.25, 0.3) is 0 Å². The van der Waals surface area contributed by atoms with E-state index in [0.29, 0.717) is 13.0 Å². The first-order valence-electron chi connectivity index (χ1n) is 25.2. The van der Waals surface area contributed by atoms with Gasteiger partial charge in [0.15, 0.2) is 0 Å². The first-order chi connectivity index (χ1) is 30.0. The normalized spacial score (nSPS) is 22.1. The average Bonchev–Trinajstić information content (AvgIpc) is 3.26. The Balaban J connectivity index is 2.35. The Morgan fingerprint density at radius 2 is 0.903 bits per heavy atom. The van der Waals surface area contributed by atoms with Crippen LogP contribution in [0.4, 0.5) is 0 Å². The van der Waals surface area contributed by atoms with Crippen molar-refractivity contribution in [2.75, 3.05) is 19.8 Å². The maximum atomic E-state index is 12.8. The summed E-state index contributed by atoms with van der Waals surface area (Å²) in [6.07, 6.45) is 33.8. The number of ether oxygens (including phenoxy) is 2. The van der Waals surface area contributed by atoms with Crippen LogP contribution in [0.3, 0.4) is 0 Å². The summed E-state index contributed by atoms with van der Waals surface area (Å²) >= 11 is 0. The van der Waals surface area contributed by atoms with E-state index in [1.165, 1.54) is 135 Å². The van der Waals surface area contributed by atoms with Gasteiger partial charge in [0.2, 0.25) is 0 Å². The lowest BCUT2D eigenvalue weighted by Crippen LogP contribution is -2.64. The topological polar surface area (TPSA) is 192 Å². The fourth-order valence-corrected chi connectivity index (χ4v) is 8.77. The fraction of sp³-hybridized carbons (Fsp3) is 0.898. The Hall–Kier alpha value is -1.18. The zero-order valence-electron chi connectivity index (χ0n) is 39.2. The molecule has 6 N–H and O–H groups in total. The Kier molecular flexibility index (Phi) is 38.1. The molecule has 1 fully saturated rings. The minimum Gasteiger partial charge on any atom is -0.457 e. The molecule has 0 spiro atoms. The predicted molar refractivity (Wildman–Crippen MR) is 249 cm³/mol. The Morgan fingerprint density at radius 1 is 0.516 bits per heavy atom. The third kappa shape index (κ3) is 31.7. The van der Waals surface area contributed by atoms with Crippen LogP contribution < -0.4 is 0 Å². The molecule has 366 valence electrons. The third-order valence-corrected chi connectivity index (χ3v) is 12.8. The molecule has 1 aliphatic rings. The van der Waals surface area contributed by atoms with Crippen LogP contribution in [0.2, 0.25) is 0 Å². The van der Waals surface area contributed by atoms with Crippen LogP contribution in [0.1, 0.15) is 219 Å². The Morgan fingerprint density at radius 3 is 1.39 bits per heavy atom. The van der Waals surface area contributed by atoms with E-state index < -0.39 is 63.1 Å². The number of aliphatic hydroxyl groups is 5. The monoisotopic (exact) mass is 905 g/mol. The van der Waals surface area contributed by atoms with E-state index in [1.807, 2.05) is 0 Å². The van der Waals surface area contributed by atoms with Crippen molar-refractivity contribution in [2.45, 2.75) is 262 Å². The number of phosphoric ester groups is 1. The summed E-state index contributed by atoms with van der Waals surface area (Å²) in [5.74, 6) is -0.481. The molecule has 62 heavy (non-hydrogen) atoms. The Labute approximate surface area is 377 Å². The number of carbonyl (C=O) groups is 1. The second kappa shape index (κ2) is 40.1. The largest absolute Gasteiger partial charge is 0.472 e. The summed E-state index contributed by atoms with van der Waals surface area (Å²) in [6.45, 7) is 4.26. The average molecular weight is 905 g/mol. The van der Waals surface area contributed by atoms with Crippen LogP contribution in [-0.2, 0) is 27.9 Å². The molecular weight excluding hydrogens is 812 g/mol. The van der Waals surface area contributed by atoms with Crippen molar-refractivity contribution in [2.24, 2.45) is 0 Å². The van der Waals surface area contributed by atoms with E-state index >= 15 is 0 Å². The number of esters is 1. The number of unbranched alkanes of at least 4 members (excludes halogenated alkanes) is 27. The zero-order valence-corrected chi connectivity index (χ0v) is 40.1. The quantitative estimate of drug-likeness (QED) is 0.0147. The molecule has 0 aromatic carbocycles. The smallest absolute Gasteiger partial charge is 0.457 e. The van der Waals surface area contributed by atoms with Crippen LogP contribution in [0.15, 0.2) is 24.3 Å². The molecule has 0 radical (unpaired) electrons. The van der Waals surface area contributed by atoms with Gasteiger partial charge in [0, 0.05) is 13.0 Å². The van der Waals surface area contributed by atoms with Gasteiger partial charge in [-0.3, -0.25) is 13.8 Å². The minimum atomic E-state index is -5.02. The van der Waals surface area contributed by atoms with Gasteiger partial charge in [-0.2, -0.15) is 0 Å². The van der Waals surface area contributed by atoms with Crippen LogP contribution in [0, 0.1) is 0 Å². The molecule has 0 heterocycles. The van der Waals surface area contributed by atoms with Crippen LogP contribution >= 0.6 is 7.82 Å². The maximum Gasteiger partial charge on any atom is 0.472 e. The number of carbonyl (C=O) groups excluding carboxylic acids is 1. The second-order valence-corrected chi connectivity index (χ2v) is 19.1. The van der Waals surface area contributed by atoms with E-state index in [-0.39, 0.29) is 13.0 Å². The van der Waals surface area contributed by atoms with Gasteiger partial charge in [0.25, 0.3) is 0 Å². The van der Waals surface area contributed by atoms with E-state index in [1.54, 1.807) is 0 Å². The summed E-state index contributed by atoms with van der Waals surface area (Å²) in [5.41, 5.74) is 0. The molecule has 1 saturated carbocycles. The molecule has 0 aliphatic heterocycles. The number of allylic oxidation sites excluding steroid dienone is 4. The summed E-state index contributed by atoms with van der Waals surface area (Å²) in [4.78, 5) is 23.2. The van der Waals surface area contributed by atoms with E-state index in [9.17, 15) is 39.8 Å². The highest BCUT2D eigenvalue weighted by Gasteiger charge is 2.51. The second-order valence-electron chi connectivity index (χ2n) is 17.7. The first kappa shape index (κ1) is 58.8. The third-order valence-electron chi connectivity index (χ3n) is 11.8. The van der Waals surface area contributed by atoms with Crippen LogP contribution in [0.5, 0.6) is 0 Å². The molecule has 13 heteroatoms. The van der Waals surface area contributed by atoms with E-state index in [2.05, 4.69) is 38.2 Å². The predicted octanol–water partition coefficient (Wildman–Crippen LogP) is 10.9. The van der Waals surface area contributed by atoms with E-state index in [0.717, 1.165) is 57.8 Å². The fourth-order valence-electron chi connectivity index (χ4n) is 7.80. The van der Waals surface area contributed by atoms with Crippen molar-refractivity contribution in [3.8, 4) is 0 Å². The lowest BCUT2D eigenvalue weighted by molar-refractivity contribution is -0.220. The van der Waals surface area contributed by atoms with E-state index in [4.69, 9.17) is 18.5 Å². The molecule has 0 aromatic rings. The maximum absolute atomic E-state index is 12.8. The molecular formula is C49H93O12P. The number of rotatable bonds is 43. The van der Waals surface area contributed by atoms with Gasteiger partial charge in [-0.05, 0) is 44.9 Å². The van der Waals surface area contributed by atoms with Gasteiger partial charge < -0.3 is 39.9 Å². The SMILES string of the molecule is CCCCC/C=C\C/C=C\CCCCCCCCCC(=O)OC(COCCCCCCCCCCCCCCCCCCCC)COP(=O)(O)OC1C(O)C(O)C(O)C(O)C1O. The van der Waals surface area contributed by atoms with Gasteiger partial charge >= 0.3 is 13.8 Å². The minimum absolute atomic E-state index is 0.0755. The van der Waals surface area contributed by atoms with Gasteiger partial charge in [0.1, 0.15) is 42.7 Å². The van der Waals surface area contributed by atoms with Gasteiger partial charge in [0.05, 0.1) is 13.2 Å². The first-order valence-corrected chi connectivity index (χ1v) is 26.7. The number of hydrogen-bond acceptors (Lipinski definition) is 11. The van der Waals surface area contributed by atoms with Crippen molar-refractivity contribution in [1.82, 2.24) is 0 Å². The molecule has 1 rings (SSSR count). The summed E-state index contributed by atoms with van der Waals surface area (Å²) in [6, 6.07) is 0. The highest BCUT2D eigenvalue weighted by molar-refractivity contribution is 7.47. The summed E-state index contributed by atoms with van der Waals surface area (Å²) < 4.78 is 34.3. The van der Waals surface area contributed by atoms with Crippen molar-refractivity contribution in [3.63, 3.8) is 0 Å². The Bertz CT molecular complexity index is 1120.